The van der Waals surface area contributed by atoms with Gasteiger partial charge in [0.2, 0.25) is 5.95 Å². The van der Waals surface area contributed by atoms with E-state index in [-0.39, 0.29) is 11.8 Å². The normalized spacial score (nSPS) is 14.5. The van der Waals surface area contributed by atoms with Crippen molar-refractivity contribution in [1.29, 1.82) is 0 Å². The number of rotatable bonds is 6. The van der Waals surface area contributed by atoms with Gasteiger partial charge in [0, 0.05) is 27.8 Å². The van der Waals surface area contributed by atoms with Crippen molar-refractivity contribution in [2.75, 3.05) is 10.6 Å². The summed E-state index contributed by atoms with van der Waals surface area (Å²) in [7, 11) is 0. The number of nitrogens with zero attached hydrogens (tertiary/aromatic N) is 2. The summed E-state index contributed by atoms with van der Waals surface area (Å²) in [6.07, 6.45) is -0.380. The molecule has 0 amide bonds. The first-order chi connectivity index (χ1) is 14.8. The van der Waals surface area contributed by atoms with Gasteiger partial charge in [-0.05, 0) is 43.2 Å². The van der Waals surface area contributed by atoms with Crippen LogP contribution in [-0.4, -0.2) is 22.4 Å². The molecule has 1 fully saturated rings. The molecular formula is C22H20BrF3N4O. The third-order valence-electron chi connectivity index (χ3n) is 4.87. The monoisotopic (exact) mass is 492 g/mol. The number of nitrogens with one attached hydrogen (secondary N) is 2. The van der Waals surface area contributed by atoms with E-state index >= 15 is 0 Å². The Morgan fingerprint density at radius 3 is 2.48 bits per heavy atom. The second-order valence-corrected chi connectivity index (χ2v) is 8.21. The predicted molar refractivity (Wildman–Crippen MR) is 117 cm³/mol. The fourth-order valence-electron chi connectivity index (χ4n) is 3.54. The molecule has 0 atom stereocenters. The smallest absolute Gasteiger partial charge is 0.406 e. The summed E-state index contributed by atoms with van der Waals surface area (Å²) in [6.45, 7) is 0. The van der Waals surface area contributed by atoms with Gasteiger partial charge >= 0.3 is 6.36 Å². The molecule has 0 aliphatic heterocycles. The zero-order valence-electron chi connectivity index (χ0n) is 16.4. The molecule has 0 radical (unpaired) electrons. The fraction of sp³-hybridized carbons (Fsp3) is 0.273. The standard InChI is InChI=1S/C22H20BrF3N4O/c23-15-6-4-9-17(12-15)27-20-13-19(29-21(30-20)28-16-7-1-2-8-16)14-5-3-10-18(11-14)31-22(24,25)26/h3-6,9-13,16H,1-2,7-8H2,(H2,27,28,29,30). The van der Waals surface area contributed by atoms with E-state index in [2.05, 4.69) is 41.3 Å². The molecule has 1 aliphatic carbocycles. The maximum absolute atomic E-state index is 12.6. The maximum Gasteiger partial charge on any atom is 0.573 e. The topological polar surface area (TPSA) is 59.1 Å². The molecule has 1 aromatic heterocycles. The molecule has 1 aliphatic rings. The van der Waals surface area contributed by atoms with Crippen LogP contribution in [0.2, 0.25) is 0 Å². The van der Waals surface area contributed by atoms with Gasteiger partial charge < -0.3 is 15.4 Å². The van der Waals surface area contributed by atoms with E-state index in [1.165, 1.54) is 18.2 Å². The average Bonchev–Trinajstić information content (AvgIpc) is 3.20. The van der Waals surface area contributed by atoms with Gasteiger partial charge in [-0.2, -0.15) is 4.98 Å². The summed E-state index contributed by atoms with van der Waals surface area (Å²) in [5.74, 6) is 0.671. The minimum atomic E-state index is -4.76. The highest BCUT2D eigenvalue weighted by Crippen LogP contribution is 2.30. The van der Waals surface area contributed by atoms with Crippen LogP contribution in [0.3, 0.4) is 0 Å². The number of ether oxygens (including phenoxy) is 1. The zero-order valence-corrected chi connectivity index (χ0v) is 18.0. The number of anilines is 3. The third-order valence-corrected chi connectivity index (χ3v) is 5.37. The van der Waals surface area contributed by atoms with Crippen molar-refractivity contribution in [3.8, 4) is 17.0 Å². The Labute approximate surface area is 186 Å². The molecule has 3 aromatic rings. The van der Waals surface area contributed by atoms with Crippen molar-refractivity contribution >= 4 is 33.4 Å². The SMILES string of the molecule is FC(F)(F)Oc1cccc(-c2cc(Nc3cccc(Br)c3)nc(NC3CCCC3)n2)c1. The van der Waals surface area contributed by atoms with Crippen LogP contribution in [0.25, 0.3) is 11.3 Å². The Morgan fingerprint density at radius 1 is 0.968 bits per heavy atom. The van der Waals surface area contributed by atoms with E-state index < -0.39 is 6.36 Å². The lowest BCUT2D eigenvalue weighted by Gasteiger charge is -2.15. The third kappa shape index (κ3) is 6.10. The molecule has 0 unspecified atom stereocenters. The average molecular weight is 493 g/mol. The van der Waals surface area contributed by atoms with Crippen LogP contribution < -0.4 is 15.4 Å². The van der Waals surface area contributed by atoms with E-state index in [0.717, 1.165) is 35.8 Å². The second-order valence-electron chi connectivity index (χ2n) is 7.30. The minimum absolute atomic E-state index is 0.286. The largest absolute Gasteiger partial charge is 0.573 e. The van der Waals surface area contributed by atoms with Crippen molar-refractivity contribution in [3.05, 3.63) is 59.1 Å². The van der Waals surface area contributed by atoms with Gasteiger partial charge in [-0.3, -0.25) is 0 Å². The molecule has 1 heterocycles. The molecule has 5 nitrogen and oxygen atoms in total. The maximum atomic E-state index is 12.6. The molecule has 0 saturated heterocycles. The highest BCUT2D eigenvalue weighted by molar-refractivity contribution is 9.10. The summed E-state index contributed by atoms with van der Waals surface area (Å²) in [5.41, 5.74) is 1.80. The lowest BCUT2D eigenvalue weighted by atomic mass is 10.1. The summed E-state index contributed by atoms with van der Waals surface area (Å²) < 4.78 is 42.9. The van der Waals surface area contributed by atoms with Crippen molar-refractivity contribution in [2.45, 2.75) is 38.1 Å². The Hall–Kier alpha value is -2.81. The summed E-state index contributed by atoms with van der Waals surface area (Å²) >= 11 is 3.44. The molecule has 2 N–H and O–H groups in total. The molecule has 162 valence electrons. The van der Waals surface area contributed by atoms with E-state index in [0.29, 0.717) is 23.0 Å². The van der Waals surface area contributed by atoms with Crippen LogP contribution in [0.4, 0.5) is 30.6 Å². The van der Waals surface area contributed by atoms with E-state index in [4.69, 9.17) is 0 Å². The second kappa shape index (κ2) is 9.13. The van der Waals surface area contributed by atoms with Crippen molar-refractivity contribution in [1.82, 2.24) is 9.97 Å². The molecule has 9 heteroatoms. The molecular weight excluding hydrogens is 473 g/mol. The Kier molecular flexibility index (Phi) is 6.31. The number of hydrogen-bond donors (Lipinski definition) is 2. The van der Waals surface area contributed by atoms with Crippen LogP contribution in [0.15, 0.2) is 59.1 Å². The molecule has 0 bridgehead atoms. The first-order valence-electron chi connectivity index (χ1n) is 9.88. The zero-order chi connectivity index (χ0) is 21.8. The number of aromatic nitrogens is 2. The van der Waals surface area contributed by atoms with Gasteiger partial charge in [0.1, 0.15) is 11.6 Å². The highest BCUT2D eigenvalue weighted by atomic mass is 79.9. The molecule has 2 aromatic carbocycles. The van der Waals surface area contributed by atoms with Crippen LogP contribution in [0.5, 0.6) is 5.75 Å². The molecule has 4 rings (SSSR count). The Bertz CT molecular complexity index is 1050. The van der Waals surface area contributed by atoms with Gasteiger partial charge in [0.05, 0.1) is 5.69 Å². The Morgan fingerprint density at radius 2 is 1.74 bits per heavy atom. The molecule has 31 heavy (non-hydrogen) atoms. The van der Waals surface area contributed by atoms with Crippen molar-refractivity contribution in [2.24, 2.45) is 0 Å². The van der Waals surface area contributed by atoms with Gasteiger partial charge in [0.15, 0.2) is 0 Å². The molecule has 0 spiro atoms. The number of hydrogen-bond acceptors (Lipinski definition) is 5. The first-order valence-corrected chi connectivity index (χ1v) is 10.7. The van der Waals surface area contributed by atoms with Gasteiger partial charge in [-0.25, -0.2) is 4.98 Å². The Balaban J connectivity index is 1.68. The first kappa shape index (κ1) is 21.4. The van der Waals surface area contributed by atoms with Gasteiger partial charge in [0.25, 0.3) is 0 Å². The van der Waals surface area contributed by atoms with E-state index in [9.17, 15) is 13.2 Å². The number of halogens is 4. The van der Waals surface area contributed by atoms with Gasteiger partial charge in [-0.15, -0.1) is 13.2 Å². The minimum Gasteiger partial charge on any atom is -0.406 e. The number of benzene rings is 2. The van der Waals surface area contributed by atoms with Crippen LogP contribution in [0.1, 0.15) is 25.7 Å². The van der Waals surface area contributed by atoms with Crippen molar-refractivity contribution in [3.63, 3.8) is 0 Å². The van der Waals surface area contributed by atoms with E-state index in [1.807, 2.05) is 24.3 Å². The highest BCUT2D eigenvalue weighted by Gasteiger charge is 2.31. The van der Waals surface area contributed by atoms with Crippen LogP contribution in [-0.2, 0) is 0 Å². The van der Waals surface area contributed by atoms with Crippen molar-refractivity contribution < 1.29 is 17.9 Å². The summed E-state index contributed by atoms with van der Waals surface area (Å²) in [4.78, 5) is 9.12. The lowest BCUT2D eigenvalue weighted by Crippen LogP contribution is -2.17. The van der Waals surface area contributed by atoms with E-state index in [1.54, 1.807) is 12.1 Å². The summed E-state index contributed by atoms with van der Waals surface area (Å²) in [5, 5.41) is 6.60. The lowest BCUT2D eigenvalue weighted by molar-refractivity contribution is -0.274. The quantitative estimate of drug-likeness (QED) is 0.391. The van der Waals surface area contributed by atoms with Gasteiger partial charge in [-0.1, -0.05) is 47.0 Å². The molecule has 1 saturated carbocycles. The predicted octanol–water partition coefficient (Wildman–Crippen LogP) is 6.90. The summed E-state index contributed by atoms with van der Waals surface area (Å²) in [6, 6.07) is 15.4. The fourth-order valence-corrected chi connectivity index (χ4v) is 3.94. The van der Waals surface area contributed by atoms with Crippen LogP contribution >= 0.6 is 15.9 Å². The number of alkyl halides is 3. The van der Waals surface area contributed by atoms with Crippen LogP contribution in [0, 0.1) is 0 Å².